The summed E-state index contributed by atoms with van der Waals surface area (Å²) >= 11 is 0. The molecule has 0 aromatic rings. The summed E-state index contributed by atoms with van der Waals surface area (Å²) < 4.78 is 0. The van der Waals surface area contributed by atoms with Crippen LogP contribution in [-0.4, -0.2) is 7.05 Å². The molecule has 0 aliphatic heterocycles. The third-order valence-corrected chi connectivity index (χ3v) is 2.07. The van der Waals surface area contributed by atoms with Gasteiger partial charge < -0.3 is 5.32 Å². The fourth-order valence-electron chi connectivity index (χ4n) is 1.14. The van der Waals surface area contributed by atoms with Gasteiger partial charge in [0.2, 0.25) is 0 Å². The molecule has 0 aliphatic carbocycles. The molecule has 0 bridgehead atoms. The fraction of sp³-hybridized carbons (Fsp3) is 0.636. The minimum Gasteiger partial charge on any atom is -0.394 e. The maximum Gasteiger partial charge on any atom is 0.00276 e. The Hall–Kier alpha value is -0.720. The first-order chi connectivity index (χ1) is 5.52. The second kappa shape index (κ2) is 5.02. The summed E-state index contributed by atoms with van der Waals surface area (Å²) in [7, 11) is 1.91. The lowest BCUT2D eigenvalue weighted by Gasteiger charge is -2.26. The molecule has 1 unspecified atom stereocenters. The summed E-state index contributed by atoms with van der Waals surface area (Å²) in [4.78, 5) is 0. The van der Waals surface area contributed by atoms with Crippen molar-refractivity contribution in [3.8, 4) is 0 Å². The summed E-state index contributed by atoms with van der Waals surface area (Å²) in [5, 5.41) is 2.98. The molecule has 0 aliphatic rings. The molecule has 1 N–H and O–H groups in total. The van der Waals surface area contributed by atoms with E-state index >= 15 is 0 Å². The Kier molecular flexibility index (Phi) is 4.72. The van der Waals surface area contributed by atoms with Crippen LogP contribution in [0.5, 0.6) is 0 Å². The second-order valence-electron chi connectivity index (χ2n) is 4.13. The fourth-order valence-corrected chi connectivity index (χ4v) is 1.14. The van der Waals surface area contributed by atoms with Crippen molar-refractivity contribution < 1.29 is 0 Å². The van der Waals surface area contributed by atoms with Gasteiger partial charge in [0.25, 0.3) is 0 Å². The van der Waals surface area contributed by atoms with Gasteiger partial charge in [0, 0.05) is 7.05 Å². The van der Waals surface area contributed by atoms with E-state index in [1.807, 2.05) is 19.3 Å². The Morgan fingerprint density at radius 3 is 2.33 bits per heavy atom. The van der Waals surface area contributed by atoms with E-state index in [0.717, 1.165) is 6.42 Å². The zero-order valence-corrected chi connectivity index (χ0v) is 8.72. The maximum absolute atomic E-state index is 3.85. The Morgan fingerprint density at radius 2 is 2.00 bits per heavy atom. The van der Waals surface area contributed by atoms with Gasteiger partial charge in [-0.2, -0.15) is 0 Å². The molecule has 0 amide bonds. The second-order valence-corrected chi connectivity index (χ2v) is 4.13. The zero-order valence-electron chi connectivity index (χ0n) is 8.72. The minimum atomic E-state index is 0.319. The highest BCUT2D eigenvalue weighted by atomic mass is 14.8. The monoisotopic (exact) mass is 167 g/mol. The average molecular weight is 167 g/mol. The summed E-state index contributed by atoms with van der Waals surface area (Å²) in [5.41, 5.74) is 0.319. The Morgan fingerprint density at radius 1 is 1.42 bits per heavy atom. The van der Waals surface area contributed by atoms with E-state index in [1.54, 1.807) is 0 Å². The van der Waals surface area contributed by atoms with E-state index in [9.17, 15) is 0 Å². The van der Waals surface area contributed by atoms with Gasteiger partial charge in [-0.05, 0) is 24.0 Å². The highest BCUT2D eigenvalue weighted by molar-refractivity contribution is 4.93. The number of nitrogens with one attached hydrogen (secondary N) is 1. The van der Waals surface area contributed by atoms with Crippen LogP contribution in [0.2, 0.25) is 0 Å². The normalized spacial score (nSPS) is 14.7. The summed E-state index contributed by atoms with van der Waals surface area (Å²) in [6.07, 6.45) is 7.23. The number of hydrogen-bond donors (Lipinski definition) is 1. The molecule has 0 aromatic carbocycles. The first-order valence-electron chi connectivity index (χ1n) is 4.47. The summed E-state index contributed by atoms with van der Waals surface area (Å²) in [6, 6.07) is 0. The van der Waals surface area contributed by atoms with Gasteiger partial charge in [0.15, 0.2) is 0 Å². The van der Waals surface area contributed by atoms with Crippen molar-refractivity contribution in [2.45, 2.75) is 27.2 Å². The standard InChI is InChI=1S/C11H21N/c1-6-10(11(2,3)4)8-7-9-12-5/h6-7,9-10,12H,1,8H2,2-5H3/b9-7+. The molecular formula is C11H21N. The molecule has 1 nitrogen and oxygen atoms in total. The van der Waals surface area contributed by atoms with E-state index in [0.29, 0.717) is 11.3 Å². The van der Waals surface area contributed by atoms with Gasteiger partial charge >= 0.3 is 0 Å². The van der Waals surface area contributed by atoms with Crippen LogP contribution in [0.4, 0.5) is 0 Å². The topological polar surface area (TPSA) is 12.0 Å². The molecule has 0 saturated heterocycles. The third kappa shape index (κ3) is 4.22. The van der Waals surface area contributed by atoms with Crippen molar-refractivity contribution in [2.24, 2.45) is 11.3 Å². The Labute approximate surface area is 76.6 Å². The average Bonchev–Trinajstić information content (AvgIpc) is 1.95. The molecule has 0 aromatic heterocycles. The molecule has 12 heavy (non-hydrogen) atoms. The predicted octanol–water partition coefficient (Wildman–Crippen LogP) is 2.96. The lowest BCUT2D eigenvalue weighted by molar-refractivity contribution is 0.295. The molecule has 0 heterocycles. The van der Waals surface area contributed by atoms with Crippen LogP contribution in [0, 0.1) is 11.3 Å². The van der Waals surface area contributed by atoms with E-state index in [1.165, 1.54) is 0 Å². The number of rotatable bonds is 4. The third-order valence-electron chi connectivity index (χ3n) is 2.07. The van der Waals surface area contributed by atoms with Gasteiger partial charge in [-0.25, -0.2) is 0 Å². The van der Waals surface area contributed by atoms with Gasteiger partial charge in [-0.15, -0.1) is 6.58 Å². The van der Waals surface area contributed by atoms with Crippen LogP contribution in [0.1, 0.15) is 27.2 Å². The van der Waals surface area contributed by atoms with Gasteiger partial charge in [-0.1, -0.05) is 32.9 Å². The van der Waals surface area contributed by atoms with E-state index in [2.05, 4.69) is 38.7 Å². The van der Waals surface area contributed by atoms with E-state index < -0.39 is 0 Å². The minimum absolute atomic E-state index is 0.319. The molecule has 1 atom stereocenters. The molecule has 0 saturated carbocycles. The van der Waals surface area contributed by atoms with Crippen molar-refractivity contribution in [3.05, 3.63) is 24.9 Å². The van der Waals surface area contributed by atoms with Crippen LogP contribution < -0.4 is 5.32 Å². The van der Waals surface area contributed by atoms with Crippen LogP contribution >= 0.6 is 0 Å². The van der Waals surface area contributed by atoms with E-state index in [4.69, 9.17) is 0 Å². The first-order valence-corrected chi connectivity index (χ1v) is 4.47. The molecule has 1 heteroatoms. The molecule has 0 radical (unpaired) electrons. The molecule has 70 valence electrons. The largest absolute Gasteiger partial charge is 0.394 e. The summed E-state index contributed by atoms with van der Waals surface area (Å²) in [5.74, 6) is 0.558. The first kappa shape index (κ1) is 11.3. The highest BCUT2D eigenvalue weighted by Gasteiger charge is 2.19. The van der Waals surface area contributed by atoms with Crippen LogP contribution in [0.15, 0.2) is 24.9 Å². The van der Waals surface area contributed by atoms with E-state index in [-0.39, 0.29) is 0 Å². The van der Waals surface area contributed by atoms with Gasteiger partial charge in [0.05, 0.1) is 0 Å². The Balaban J connectivity index is 4.01. The molecule has 0 rings (SSSR count). The molecule has 0 spiro atoms. The number of hydrogen-bond acceptors (Lipinski definition) is 1. The van der Waals surface area contributed by atoms with Crippen molar-refractivity contribution in [1.29, 1.82) is 0 Å². The van der Waals surface area contributed by atoms with Crippen molar-refractivity contribution >= 4 is 0 Å². The quantitative estimate of drug-likeness (QED) is 0.635. The van der Waals surface area contributed by atoms with Crippen molar-refractivity contribution in [2.75, 3.05) is 7.05 Å². The molecule has 0 fully saturated rings. The van der Waals surface area contributed by atoms with Gasteiger partial charge in [-0.3, -0.25) is 0 Å². The van der Waals surface area contributed by atoms with Crippen molar-refractivity contribution in [3.63, 3.8) is 0 Å². The maximum atomic E-state index is 3.85. The SMILES string of the molecule is C=CC(C/C=C/NC)C(C)(C)C. The number of allylic oxidation sites excluding steroid dienone is 2. The smallest absolute Gasteiger partial charge is 0.00276 e. The highest BCUT2D eigenvalue weighted by Crippen LogP contribution is 2.29. The zero-order chi connectivity index (χ0) is 9.61. The summed E-state index contributed by atoms with van der Waals surface area (Å²) in [6.45, 7) is 10.6. The van der Waals surface area contributed by atoms with Crippen LogP contribution in [0.3, 0.4) is 0 Å². The lowest BCUT2D eigenvalue weighted by Crippen LogP contribution is -2.17. The molecular weight excluding hydrogens is 146 g/mol. The predicted molar refractivity (Wildman–Crippen MR) is 56.0 cm³/mol. The van der Waals surface area contributed by atoms with Gasteiger partial charge in [0.1, 0.15) is 0 Å². The van der Waals surface area contributed by atoms with Crippen LogP contribution in [-0.2, 0) is 0 Å². The van der Waals surface area contributed by atoms with Crippen molar-refractivity contribution in [1.82, 2.24) is 5.32 Å². The lowest BCUT2D eigenvalue weighted by atomic mass is 9.79. The van der Waals surface area contributed by atoms with Crippen LogP contribution in [0.25, 0.3) is 0 Å². The Bertz CT molecular complexity index is 151.